The van der Waals surface area contributed by atoms with Gasteiger partial charge in [-0.2, -0.15) is 0 Å². The van der Waals surface area contributed by atoms with Crippen LogP contribution in [0.3, 0.4) is 0 Å². The fourth-order valence-corrected chi connectivity index (χ4v) is 4.51. The van der Waals surface area contributed by atoms with E-state index < -0.39 is 5.54 Å². The molecule has 3 heterocycles. The Morgan fingerprint density at radius 1 is 1.10 bits per heavy atom. The van der Waals surface area contributed by atoms with Crippen LogP contribution in [0.5, 0.6) is 0 Å². The van der Waals surface area contributed by atoms with Crippen LogP contribution < -0.4 is 4.90 Å². The molecule has 7 nitrogen and oxygen atoms in total. The molecule has 4 rings (SSSR count). The van der Waals surface area contributed by atoms with Crippen molar-refractivity contribution in [3.05, 3.63) is 30.5 Å². The van der Waals surface area contributed by atoms with Crippen molar-refractivity contribution in [3.8, 4) is 0 Å². The Hall–Kier alpha value is -2.70. The smallest absolute Gasteiger partial charge is 0.327 e. The van der Waals surface area contributed by atoms with E-state index in [4.69, 9.17) is 4.98 Å². The van der Waals surface area contributed by atoms with E-state index in [9.17, 15) is 9.59 Å². The second-order valence-electron chi connectivity index (χ2n) is 8.48. The summed E-state index contributed by atoms with van der Waals surface area (Å²) in [7, 11) is 0. The number of para-hydroxylation sites is 2. The molecule has 2 aliphatic rings. The number of hydrogen-bond donors (Lipinski definition) is 0. The summed E-state index contributed by atoms with van der Waals surface area (Å²) in [5.74, 6) is 1.12. The summed E-state index contributed by atoms with van der Waals surface area (Å²) in [5.41, 5.74) is 1.03. The van der Waals surface area contributed by atoms with Crippen LogP contribution in [0, 0.1) is 5.92 Å². The zero-order valence-electron chi connectivity index (χ0n) is 17.5. The van der Waals surface area contributed by atoms with Crippen molar-refractivity contribution in [2.24, 2.45) is 5.92 Å². The molecule has 0 N–H and O–H groups in total. The monoisotopic (exact) mass is 395 g/mol. The van der Waals surface area contributed by atoms with E-state index in [0.717, 1.165) is 23.3 Å². The maximum atomic E-state index is 13.3. The molecule has 2 fully saturated rings. The van der Waals surface area contributed by atoms with E-state index in [1.165, 1.54) is 4.90 Å². The van der Waals surface area contributed by atoms with Crippen LogP contribution in [0.1, 0.15) is 40.0 Å². The van der Waals surface area contributed by atoms with Crippen molar-refractivity contribution < 1.29 is 9.59 Å². The Labute approximate surface area is 171 Å². The molecule has 2 saturated heterocycles. The molecule has 7 heteroatoms. The lowest BCUT2D eigenvalue weighted by molar-refractivity contribution is -0.134. The number of benzene rings is 1. The van der Waals surface area contributed by atoms with Crippen molar-refractivity contribution >= 4 is 28.8 Å². The number of nitrogens with zero attached hydrogens (tertiary/aromatic N) is 5. The van der Waals surface area contributed by atoms with Crippen LogP contribution in [0.2, 0.25) is 0 Å². The normalized spacial score (nSPS) is 19.2. The molecule has 154 valence electrons. The third kappa shape index (κ3) is 3.32. The molecule has 29 heavy (non-hydrogen) atoms. The van der Waals surface area contributed by atoms with Gasteiger partial charge in [-0.05, 0) is 37.3 Å². The molecule has 0 saturated carbocycles. The van der Waals surface area contributed by atoms with Gasteiger partial charge >= 0.3 is 6.03 Å². The number of rotatable bonds is 5. The van der Waals surface area contributed by atoms with Gasteiger partial charge in [0.05, 0.1) is 17.2 Å². The van der Waals surface area contributed by atoms with E-state index >= 15 is 0 Å². The quantitative estimate of drug-likeness (QED) is 0.727. The molecule has 0 bridgehead atoms. The Morgan fingerprint density at radius 2 is 1.79 bits per heavy atom. The summed E-state index contributed by atoms with van der Waals surface area (Å²) < 4.78 is 0. The maximum Gasteiger partial charge on any atom is 0.327 e. The summed E-state index contributed by atoms with van der Waals surface area (Å²) in [6.45, 7) is 8.65. The number of fused-ring (bicyclic) bond motifs is 1. The van der Waals surface area contributed by atoms with Crippen LogP contribution in [0.25, 0.3) is 11.0 Å². The van der Waals surface area contributed by atoms with Crippen molar-refractivity contribution in [3.63, 3.8) is 0 Å². The number of aromatic nitrogens is 2. The Morgan fingerprint density at radius 3 is 2.45 bits per heavy atom. The number of carbonyl (C=O) groups is 2. The van der Waals surface area contributed by atoms with Gasteiger partial charge in [0.1, 0.15) is 11.4 Å². The first-order chi connectivity index (χ1) is 14.0. The number of amides is 3. The molecule has 0 radical (unpaired) electrons. The molecule has 0 unspecified atom stereocenters. The van der Waals surface area contributed by atoms with Gasteiger partial charge in [0, 0.05) is 26.2 Å². The Kier molecular flexibility index (Phi) is 5.15. The SMILES string of the molecule is CCCN1C(=O)N(CC(C)C)C2(CCN(c3cnc4ccccc4n3)CC2)C1=O. The van der Waals surface area contributed by atoms with E-state index in [2.05, 4.69) is 23.7 Å². The average molecular weight is 396 g/mol. The zero-order chi connectivity index (χ0) is 20.6. The summed E-state index contributed by atoms with van der Waals surface area (Å²) in [6.07, 6.45) is 3.83. The van der Waals surface area contributed by atoms with Gasteiger partial charge in [-0.25, -0.2) is 9.78 Å². The molecule has 1 aromatic carbocycles. The summed E-state index contributed by atoms with van der Waals surface area (Å²) in [6, 6.07) is 7.70. The van der Waals surface area contributed by atoms with Gasteiger partial charge in [0.2, 0.25) is 0 Å². The third-order valence-corrected chi connectivity index (χ3v) is 5.97. The van der Waals surface area contributed by atoms with Crippen molar-refractivity contribution in [2.45, 2.75) is 45.6 Å². The fourth-order valence-electron chi connectivity index (χ4n) is 4.51. The predicted molar refractivity (Wildman–Crippen MR) is 113 cm³/mol. The highest BCUT2D eigenvalue weighted by molar-refractivity contribution is 6.07. The van der Waals surface area contributed by atoms with Gasteiger partial charge < -0.3 is 9.80 Å². The lowest BCUT2D eigenvalue weighted by Crippen LogP contribution is -2.57. The standard InChI is InChI=1S/C22H29N5O2/c1-4-11-26-20(28)22(27(21(26)29)15-16(2)3)9-12-25(13-10-22)19-14-23-17-7-5-6-8-18(17)24-19/h5-8,14,16H,4,9-13,15H2,1-3H3. The van der Waals surface area contributed by atoms with E-state index in [1.54, 1.807) is 6.20 Å². The molecule has 0 atom stereocenters. The Bertz CT molecular complexity index is 920. The fraction of sp³-hybridized carbons (Fsp3) is 0.545. The number of urea groups is 1. The minimum absolute atomic E-state index is 0.0192. The molecule has 1 aromatic heterocycles. The minimum Gasteiger partial charge on any atom is -0.355 e. The number of anilines is 1. The van der Waals surface area contributed by atoms with Crippen LogP contribution >= 0.6 is 0 Å². The highest BCUT2D eigenvalue weighted by Gasteiger charge is 2.57. The van der Waals surface area contributed by atoms with Crippen molar-refractivity contribution in [1.29, 1.82) is 0 Å². The maximum absolute atomic E-state index is 13.3. The number of piperidine rings is 1. The minimum atomic E-state index is -0.711. The molecule has 0 aliphatic carbocycles. The topological polar surface area (TPSA) is 69.6 Å². The highest BCUT2D eigenvalue weighted by Crippen LogP contribution is 2.38. The first-order valence-corrected chi connectivity index (χ1v) is 10.6. The molecule has 2 aliphatic heterocycles. The first-order valence-electron chi connectivity index (χ1n) is 10.6. The van der Waals surface area contributed by atoms with Crippen LogP contribution in [-0.4, -0.2) is 63.4 Å². The zero-order valence-corrected chi connectivity index (χ0v) is 17.5. The van der Waals surface area contributed by atoms with Gasteiger partial charge in [-0.15, -0.1) is 0 Å². The van der Waals surface area contributed by atoms with Gasteiger partial charge in [0.15, 0.2) is 0 Å². The van der Waals surface area contributed by atoms with E-state index in [0.29, 0.717) is 44.9 Å². The predicted octanol–water partition coefficient (Wildman–Crippen LogP) is 3.30. The second-order valence-corrected chi connectivity index (χ2v) is 8.48. The third-order valence-electron chi connectivity index (χ3n) is 5.97. The average Bonchev–Trinajstić information content (AvgIpc) is 2.90. The molecule has 1 spiro atoms. The van der Waals surface area contributed by atoms with Gasteiger partial charge in [0.25, 0.3) is 5.91 Å². The molecule has 2 aromatic rings. The van der Waals surface area contributed by atoms with Gasteiger partial charge in [-0.3, -0.25) is 14.7 Å². The van der Waals surface area contributed by atoms with Crippen LogP contribution in [0.4, 0.5) is 10.6 Å². The molecular formula is C22H29N5O2. The summed E-state index contributed by atoms with van der Waals surface area (Å²) in [5, 5.41) is 0. The van der Waals surface area contributed by atoms with Crippen molar-refractivity contribution in [2.75, 3.05) is 31.1 Å². The lowest BCUT2D eigenvalue weighted by atomic mass is 9.85. The van der Waals surface area contributed by atoms with E-state index in [-0.39, 0.29) is 11.9 Å². The number of imide groups is 1. The first kappa shape index (κ1) is 19.6. The number of carbonyl (C=O) groups excluding carboxylic acids is 2. The van der Waals surface area contributed by atoms with Crippen LogP contribution in [0.15, 0.2) is 30.5 Å². The van der Waals surface area contributed by atoms with Gasteiger partial charge in [-0.1, -0.05) is 32.9 Å². The summed E-state index contributed by atoms with van der Waals surface area (Å²) in [4.78, 5) is 41.1. The Balaban J connectivity index is 1.57. The molecular weight excluding hydrogens is 366 g/mol. The summed E-state index contributed by atoms with van der Waals surface area (Å²) >= 11 is 0. The number of hydrogen-bond acceptors (Lipinski definition) is 5. The second kappa shape index (κ2) is 7.61. The highest BCUT2D eigenvalue weighted by atomic mass is 16.2. The molecule has 3 amide bonds. The van der Waals surface area contributed by atoms with E-state index in [1.807, 2.05) is 36.1 Å². The largest absolute Gasteiger partial charge is 0.355 e. The van der Waals surface area contributed by atoms with Crippen LogP contribution in [-0.2, 0) is 4.79 Å². The van der Waals surface area contributed by atoms with Crippen molar-refractivity contribution in [1.82, 2.24) is 19.8 Å². The lowest BCUT2D eigenvalue weighted by Gasteiger charge is -2.43.